The van der Waals surface area contributed by atoms with Gasteiger partial charge in [0.1, 0.15) is 11.6 Å². The number of pyridine rings is 1. The van der Waals surface area contributed by atoms with Crippen LogP contribution in [0.4, 0.5) is 20.4 Å². The van der Waals surface area contributed by atoms with Gasteiger partial charge in [-0.25, -0.2) is 13.8 Å². The van der Waals surface area contributed by atoms with Gasteiger partial charge in [0.2, 0.25) is 5.95 Å². The molecule has 170 valence electrons. The standard InChI is InChI=1S/C23H21F2N5O3/c1-26-15-5-2-13(3-6-15)21-17-7-9-20(33)30(19-8-4-14(24)10-18(19)25)22(17)29-23(28-21)27-16(11-31)12-32/h2-10,16,26,31-32H,11-12H2,1H3,(H,27,28,29). The number of anilines is 2. The predicted molar refractivity (Wildman–Crippen MR) is 122 cm³/mol. The summed E-state index contributed by atoms with van der Waals surface area (Å²) in [6, 6.07) is 12.3. The normalized spacial score (nSPS) is 11.2. The summed E-state index contributed by atoms with van der Waals surface area (Å²) in [5.74, 6) is -1.69. The summed E-state index contributed by atoms with van der Waals surface area (Å²) < 4.78 is 29.2. The van der Waals surface area contributed by atoms with Gasteiger partial charge in [-0.1, -0.05) is 12.1 Å². The first-order valence-electron chi connectivity index (χ1n) is 10.1. The van der Waals surface area contributed by atoms with E-state index in [0.717, 1.165) is 22.4 Å². The predicted octanol–water partition coefficient (Wildman–Crippen LogP) is 2.53. The van der Waals surface area contributed by atoms with E-state index in [1.807, 2.05) is 24.3 Å². The highest BCUT2D eigenvalue weighted by atomic mass is 19.1. The maximum absolute atomic E-state index is 14.6. The van der Waals surface area contributed by atoms with Gasteiger partial charge in [0, 0.05) is 35.8 Å². The molecular formula is C23H21F2N5O3. The topological polar surface area (TPSA) is 112 Å². The van der Waals surface area contributed by atoms with E-state index in [2.05, 4.69) is 20.6 Å². The number of rotatable bonds is 7. The molecule has 0 unspecified atom stereocenters. The van der Waals surface area contributed by atoms with Crippen LogP contribution in [0.25, 0.3) is 28.0 Å². The molecule has 0 saturated carbocycles. The fourth-order valence-corrected chi connectivity index (χ4v) is 3.42. The molecule has 0 aliphatic carbocycles. The minimum absolute atomic E-state index is 0.0187. The molecule has 2 aromatic heterocycles. The van der Waals surface area contributed by atoms with E-state index in [4.69, 9.17) is 0 Å². The third-order valence-corrected chi connectivity index (χ3v) is 5.12. The number of aliphatic hydroxyl groups is 2. The Hall–Kier alpha value is -3.89. The minimum atomic E-state index is -0.929. The number of benzene rings is 2. The summed E-state index contributed by atoms with van der Waals surface area (Å²) in [5, 5.41) is 25.2. The molecule has 0 saturated heterocycles. The minimum Gasteiger partial charge on any atom is -0.394 e. The van der Waals surface area contributed by atoms with Crippen molar-refractivity contribution in [2.75, 3.05) is 30.9 Å². The maximum atomic E-state index is 14.6. The number of hydrogen-bond acceptors (Lipinski definition) is 7. The second-order valence-corrected chi connectivity index (χ2v) is 7.27. The molecule has 4 N–H and O–H groups in total. The van der Waals surface area contributed by atoms with Crippen LogP contribution in [0.5, 0.6) is 0 Å². The monoisotopic (exact) mass is 453 g/mol. The number of aliphatic hydroxyl groups excluding tert-OH is 2. The lowest BCUT2D eigenvalue weighted by Crippen LogP contribution is -2.29. The van der Waals surface area contributed by atoms with Crippen LogP contribution in [0.2, 0.25) is 0 Å². The highest BCUT2D eigenvalue weighted by Gasteiger charge is 2.18. The number of hydrogen-bond donors (Lipinski definition) is 4. The molecule has 4 aromatic rings. The van der Waals surface area contributed by atoms with Crippen molar-refractivity contribution in [1.29, 1.82) is 0 Å². The van der Waals surface area contributed by atoms with Crippen LogP contribution in [-0.2, 0) is 0 Å². The third kappa shape index (κ3) is 4.38. The Bertz CT molecular complexity index is 1360. The first kappa shape index (κ1) is 22.3. The molecule has 10 heteroatoms. The SMILES string of the molecule is CNc1ccc(-c2nc(NC(CO)CO)nc3c2ccc(=O)n3-c2ccc(F)cc2F)cc1. The molecule has 0 atom stereocenters. The van der Waals surface area contributed by atoms with E-state index in [1.54, 1.807) is 7.05 Å². The lowest BCUT2D eigenvalue weighted by Gasteiger charge is -2.17. The van der Waals surface area contributed by atoms with Gasteiger partial charge in [-0.2, -0.15) is 4.98 Å². The Labute approximate surface area is 187 Å². The molecule has 8 nitrogen and oxygen atoms in total. The lowest BCUT2D eigenvalue weighted by atomic mass is 10.1. The van der Waals surface area contributed by atoms with Crippen molar-refractivity contribution in [3.63, 3.8) is 0 Å². The molecule has 2 heterocycles. The van der Waals surface area contributed by atoms with Crippen molar-refractivity contribution in [2.45, 2.75) is 6.04 Å². The summed E-state index contributed by atoms with van der Waals surface area (Å²) in [4.78, 5) is 21.7. The van der Waals surface area contributed by atoms with E-state index in [9.17, 15) is 23.8 Å². The Balaban J connectivity index is 2.02. The molecule has 0 amide bonds. The largest absolute Gasteiger partial charge is 0.394 e. The van der Waals surface area contributed by atoms with Crippen LogP contribution in [0.1, 0.15) is 0 Å². The van der Waals surface area contributed by atoms with E-state index < -0.39 is 36.4 Å². The van der Waals surface area contributed by atoms with Gasteiger partial charge >= 0.3 is 0 Å². The van der Waals surface area contributed by atoms with Gasteiger partial charge < -0.3 is 20.8 Å². The maximum Gasteiger partial charge on any atom is 0.256 e. The molecule has 0 radical (unpaired) electrons. The smallest absolute Gasteiger partial charge is 0.256 e. The molecule has 0 bridgehead atoms. The van der Waals surface area contributed by atoms with Crippen LogP contribution < -0.4 is 16.2 Å². The van der Waals surface area contributed by atoms with E-state index in [-0.39, 0.29) is 17.3 Å². The Kier molecular flexibility index (Phi) is 6.29. The molecule has 0 aliphatic heterocycles. The number of aromatic nitrogens is 3. The number of nitrogens with zero attached hydrogens (tertiary/aromatic N) is 3. The zero-order valence-corrected chi connectivity index (χ0v) is 17.6. The van der Waals surface area contributed by atoms with E-state index in [1.165, 1.54) is 12.1 Å². The van der Waals surface area contributed by atoms with Crippen LogP contribution >= 0.6 is 0 Å². The average molecular weight is 453 g/mol. The highest BCUT2D eigenvalue weighted by Crippen LogP contribution is 2.29. The lowest BCUT2D eigenvalue weighted by molar-refractivity contribution is 0.203. The van der Waals surface area contributed by atoms with Gasteiger partial charge in [-0.05, 0) is 30.3 Å². The van der Waals surface area contributed by atoms with Crippen molar-refractivity contribution in [1.82, 2.24) is 14.5 Å². The zero-order valence-electron chi connectivity index (χ0n) is 17.6. The van der Waals surface area contributed by atoms with Gasteiger partial charge in [0.05, 0.1) is 30.6 Å². The molecule has 0 fully saturated rings. The van der Waals surface area contributed by atoms with Gasteiger partial charge in [0.15, 0.2) is 5.65 Å². The van der Waals surface area contributed by atoms with E-state index in [0.29, 0.717) is 22.7 Å². The summed E-state index contributed by atoms with van der Waals surface area (Å²) in [5.41, 5.74) is 1.34. The second kappa shape index (κ2) is 9.31. The summed E-state index contributed by atoms with van der Waals surface area (Å²) >= 11 is 0. The average Bonchev–Trinajstić information content (AvgIpc) is 2.82. The van der Waals surface area contributed by atoms with Gasteiger partial charge in [-0.3, -0.25) is 9.36 Å². The van der Waals surface area contributed by atoms with Crippen LogP contribution in [0, 0.1) is 11.6 Å². The second-order valence-electron chi connectivity index (χ2n) is 7.27. The first-order valence-corrected chi connectivity index (χ1v) is 10.1. The third-order valence-electron chi connectivity index (χ3n) is 5.12. The Morgan fingerprint density at radius 3 is 2.36 bits per heavy atom. The van der Waals surface area contributed by atoms with E-state index >= 15 is 0 Å². The molecule has 2 aromatic carbocycles. The number of nitrogens with one attached hydrogen (secondary N) is 2. The van der Waals surface area contributed by atoms with Crippen molar-refractivity contribution < 1.29 is 19.0 Å². The fourth-order valence-electron chi connectivity index (χ4n) is 3.42. The van der Waals surface area contributed by atoms with Gasteiger partial charge in [0.25, 0.3) is 5.56 Å². The molecule has 4 rings (SSSR count). The van der Waals surface area contributed by atoms with Crippen molar-refractivity contribution in [3.8, 4) is 16.9 Å². The van der Waals surface area contributed by atoms with Crippen LogP contribution in [0.15, 0.2) is 59.4 Å². The summed E-state index contributed by atoms with van der Waals surface area (Å²) in [6.45, 7) is -0.781. The van der Waals surface area contributed by atoms with Crippen LogP contribution in [0.3, 0.4) is 0 Å². The molecular weight excluding hydrogens is 432 g/mol. The van der Waals surface area contributed by atoms with Crippen LogP contribution in [-0.4, -0.2) is 51.1 Å². The van der Waals surface area contributed by atoms with Gasteiger partial charge in [-0.15, -0.1) is 0 Å². The first-order chi connectivity index (χ1) is 15.9. The number of fused-ring (bicyclic) bond motifs is 1. The molecule has 0 aliphatic rings. The zero-order chi connectivity index (χ0) is 23.5. The number of halogens is 2. The molecule has 33 heavy (non-hydrogen) atoms. The van der Waals surface area contributed by atoms with Crippen molar-refractivity contribution in [2.24, 2.45) is 0 Å². The Morgan fingerprint density at radius 2 is 1.73 bits per heavy atom. The summed E-state index contributed by atoms with van der Waals surface area (Å²) in [6.07, 6.45) is 0. The van der Waals surface area contributed by atoms with Crippen molar-refractivity contribution in [3.05, 3.63) is 76.6 Å². The van der Waals surface area contributed by atoms with Crippen molar-refractivity contribution >= 4 is 22.7 Å². The Morgan fingerprint density at radius 1 is 1.00 bits per heavy atom. The highest BCUT2D eigenvalue weighted by molar-refractivity contribution is 5.92. The quantitative estimate of drug-likeness (QED) is 0.340. The summed E-state index contributed by atoms with van der Waals surface area (Å²) in [7, 11) is 1.79. The fraction of sp³-hybridized carbons (Fsp3) is 0.174. The molecule has 0 spiro atoms.